The van der Waals surface area contributed by atoms with Crippen LogP contribution < -0.4 is 5.73 Å². The van der Waals surface area contributed by atoms with Crippen molar-refractivity contribution >= 4 is 11.8 Å². The number of thioether (sulfide) groups is 1. The van der Waals surface area contributed by atoms with Crippen molar-refractivity contribution in [3.63, 3.8) is 0 Å². The van der Waals surface area contributed by atoms with E-state index >= 15 is 0 Å². The molecule has 2 aromatic rings. The van der Waals surface area contributed by atoms with Gasteiger partial charge in [0.15, 0.2) is 5.16 Å². The number of nitrogens with two attached hydrogens (primary N) is 1. The monoisotopic (exact) mass is 273 g/mol. The Morgan fingerprint density at radius 1 is 1.26 bits per heavy atom. The van der Waals surface area contributed by atoms with Crippen molar-refractivity contribution in [3.8, 4) is 11.8 Å². The second-order valence-electron chi connectivity index (χ2n) is 3.63. The minimum absolute atomic E-state index is 0.255. The lowest BCUT2D eigenvalue weighted by Crippen LogP contribution is -1.95. The van der Waals surface area contributed by atoms with E-state index in [2.05, 4.69) is 21.8 Å². The first-order chi connectivity index (χ1) is 9.29. The standard InChI is InChI=1S/C14H12FN3S/c15-13-5-4-12(11(9-13)3-1-6-16)10-19-14-17-7-2-8-18-14/h2,4-5,7-9H,6,10,16H2. The quantitative estimate of drug-likeness (QED) is 0.529. The molecule has 0 aliphatic carbocycles. The molecule has 1 heterocycles. The van der Waals surface area contributed by atoms with E-state index in [9.17, 15) is 4.39 Å². The van der Waals surface area contributed by atoms with Gasteiger partial charge in [-0.05, 0) is 23.8 Å². The van der Waals surface area contributed by atoms with E-state index in [1.165, 1.54) is 23.9 Å². The number of halogens is 1. The zero-order valence-electron chi connectivity index (χ0n) is 10.1. The summed E-state index contributed by atoms with van der Waals surface area (Å²) < 4.78 is 13.2. The molecule has 1 aromatic carbocycles. The molecule has 3 nitrogen and oxygen atoms in total. The second-order valence-corrected chi connectivity index (χ2v) is 4.57. The molecule has 0 aliphatic heterocycles. The summed E-state index contributed by atoms with van der Waals surface area (Å²) in [5, 5.41) is 0.685. The second kappa shape index (κ2) is 6.88. The molecule has 0 radical (unpaired) electrons. The van der Waals surface area contributed by atoms with Crippen molar-refractivity contribution in [2.45, 2.75) is 10.9 Å². The summed E-state index contributed by atoms with van der Waals surface area (Å²) in [5.41, 5.74) is 6.94. The molecule has 0 spiro atoms. The van der Waals surface area contributed by atoms with Crippen molar-refractivity contribution in [3.05, 3.63) is 53.6 Å². The molecule has 0 saturated heterocycles. The maximum Gasteiger partial charge on any atom is 0.187 e. The fourth-order valence-corrected chi connectivity index (χ4v) is 2.25. The van der Waals surface area contributed by atoms with Gasteiger partial charge in [-0.15, -0.1) is 0 Å². The molecule has 2 rings (SSSR count). The van der Waals surface area contributed by atoms with Gasteiger partial charge in [0.05, 0.1) is 6.54 Å². The molecule has 2 N–H and O–H groups in total. The van der Waals surface area contributed by atoms with Crippen molar-refractivity contribution in [1.82, 2.24) is 9.97 Å². The molecule has 5 heteroatoms. The highest BCUT2D eigenvalue weighted by Gasteiger charge is 2.04. The fraction of sp³-hybridized carbons (Fsp3) is 0.143. The van der Waals surface area contributed by atoms with Crippen LogP contribution >= 0.6 is 11.8 Å². The van der Waals surface area contributed by atoms with Crippen molar-refractivity contribution in [1.29, 1.82) is 0 Å². The first-order valence-corrected chi connectivity index (χ1v) is 6.65. The first kappa shape index (κ1) is 13.5. The van der Waals surface area contributed by atoms with Gasteiger partial charge in [-0.25, -0.2) is 14.4 Å². The molecule has 0 atom stereocenters. The van der Waals surface area contributed by atoms with E-state index in [0.29, 0.717) is 16.5 Å². The predicted molar refractivity (Wildman–Crippen MR) is 73.9 cm³/mol. The summed E-state index contributed by atoms with van der Waals surface area (Å²) in [6, 6.07) is 6.34. The van der Waals surface area contributed by atoms with E-state index in [1.807, 2.05) is 0 Å². The number of nitrogens with zero attached hydrogens (tertiary/aromatic N) is 2. The summed E-state index contributed by atoms with van der Waals surface area (Å²) in [7, 11) is 0. The van der Waals surface area contributed by atoms with Crippen LogP contribution in [-0.2, 0) is 5.75 Å². The van der Waals surface area contributed by atoms with Crippen LogP contribution in [0.5, 0.6) is 0 Å². The average Bonchev–Trinajstić information content (AvgIpc) is 2.45. The molecule has 0 unspecified atom stereocenters. The summed E-state index contributed by atoms with van der Waals surface area (Å²) >= 11 is 1.48. The molecular formula is C14H12FN3S. The third-order valence-corrected chi connectivity index (χ3v) is 3.22. The Balaban J connectivity index is 2.15. The molecule has 0 fully saturated rings. The number of aromatic nitrogens is 2. The summed E-state index contributed by atoms with van der Waals surface area (Å²) in [5.74, 6) is 5.96. The van der Waals surface area contributed by atoms with Gasteiger partial charge in [0, 0.05) is 23.7 Å². The van der Waals surface area contributed by atoms with Gasteiger partial charge in [0.25, 0.3) is 0 Å². The molecule has 0 amide bonds. The highest BCUT2D eigenvalue weighted by Crippen LogP contribution is 2.21. The van der Waals surface area contributed by atoms with E-state index in [-0.39, 0.29) is 12.4 Å². The topological polar surface area (TPSA) is 51.8 Å². The largest absolute Gasteiger partial charge is 0.320 e. The minimum Gasteiger partial charge on any atom is -0.320 e. The van der Waals surface area contributed by atoms with Crippen molar-refractivity contribution < 1.29 is 4.39 Å². The third kappa shape index (κ3) is 4.05. The number of rotatable bonds is 3. The van der Waals surface area contributed by atoms with Crippen LogP contribution in [0.2, 0.25) is 0 Å². The molecule has 19 heavy (non-hydrogen) atoms. The Labute approximate surface area is 115 Å². The molecular weight excluding hydrogens is 261 g/mol. The molecule has 0 saturated carbocycles. The van der Waals surface area contributed by atoms with Gasteiger partial charge >= 0.3 is 0 Å². The lowest BCUT2D eigenvalue weighted by molar-refractivity contribution is 0.627. The Morgan fingerprint density at radius 2 is 2.05 bits per heavy atom. The number of benzene rings is 1. The van der Waals surface area contributed by atoms with Gasteiger partial charge in [-0.2, -0.15) is 0 Å². The maximum atomic E-state index is 13.2. The summed E-state index contributed by atoms with van der Waals surface area (Å²) in [6.07, 6.45) is 3.38. The highest BCUT2D eigenvalue weighted by atomic mass is 32.2. The Bertz CT molecular complexity index is 605. The fourth-order valence-electron chi connectivity index (χ4n) is 1.44. The van der Waals surface area contributed by atoms with Gasteiger partial charge in [-0.3, -0.25) is 0 Å². The van der Waals surface area contributed by atoms with Crippen LogP contribution in [-0.4, -0.2) is 16.5 Å². The first-order valence-electron chi connectivity index (χ1n) is 5.67. The predicted octanol–water partition coefficient (Wildman–Crippen LogP) is 2.22. The van der Waals surface area contributed by atoms with Crippen LogP contribution in [0.25, 0.3) is 0 Å². The third-order valence-electron chi connectivity index (χ3n) is 2.30. The average molecular weight is 273 g/mol. The van der Waals surface area contributed by atoms with Crippen LogP contribution in [0.3, 0.4) is 0 Å². The maximum absolute atomic E-state index is 13.2. The van der Waals surface area contributed by atoms with E-state index in [0.717, 1.165) is 5.56 Å². The molecule has 96 valence electrons. The molecule has 0 bridgehead atoms. The lowest BCUT2D eigenvalue weighted by atomic mass is 10.1. The van der Waals surface area contributed by atoms with Crippen LogP contribution in [0.1, 0.15) is 11.1 Å². The van der Waals surface area contributed by atoms with Crippen molar-refractivity contribution in [2.75, 3.05) is 6.54 Å². The van der Waals surface area contributed by atoms with Gasteiger partial charge in [0.2, 0.25) is 0 Å². The Hall–Kier alpha value is -1.90. The summed E-state index contributed by atoms with van der Waals surface area (Å²) in [6.45, 7) is 0.255. The lowest BCUT2D eigenvalue weighted by Gasteiger charge is -2.04. The summed E-state index contributed by atoms with van der Waals surface area (Å²) in [4.78, 5) is 8.25. The van der Waals surface area contributed by atoms with Crippen LogP contribution in [0.15, 0.2) is 41.8 Å². The Kier molecular flexibility index (Phi) is 4.90. The Morgan fingerprint density at radius 3 is 2.79 bits per heavy atom. The van der Waals surface area contributed by atoms with E-state index < -0.39 is 0 Å². The van der Waals surface area contributed by atoms with Crippen molar-refractivity contribution in [2.24, 2.45) is 5.73 Å². The number of hydrogen-bond donors (Lipinski definition) is 1. The smallest absolute Gasteiger partial charge is 0.187 e. The van der Waals surface area contributed by atoms with E-state index in [1.54, 1.807) is 24.5 Å². The molecule has 0 aliphatic rings. The molecule has 1 aromatic heterocycles. The van der Waals surface area contributed by atoms with Gasteiger partial charge in [0.1, 0.15) is 5.82 Å². The van der Waals surface area contributed by atoms with Gasteiger partial charge < -0.3 is 5.73 Å². The SMILES string of the molecule is NCC#Cc1cc(F)ccc1CSc1ncccn1. The zero-order valence-corrected chi connectivity index (χ0v) is 11.0. The van der Waals surface area contributed by atoms with E-state index in [4.69, 9.17) is 5.73 Å². The normalized spacial score (nSPS) is 9.79. The zero-order chi connectivity index (χ0) is 13.5. The minimum atomic E-state index is -0.300. The highest BCUT2D eigenvalue weighted by molar-refractivity contribution is 7.98. The van der Waals surface area contributed by atoms with Crippen LogP contribution in [0, 0.1) is 17.7 Å². The van der Waals surface area contributed by atoms with Gasteiger partial charge in [-0.1, -0.05) is 29.7 Å². The number of hydrogen-bond acceptors (Lipinski definition) is 4. The van der Waals surface area contributed by atoms with Crippen LogP contribution in [0.4, 0.5) is 4.39 Å².